The van der Waals surface area contributed by atoms with Crippen LogP contribution in [-0.4, -0.2) is 15.9 Å². The van der Waals surface area contributed by atoms with Crippen LogP contribution < -0.4 is 0 Å². The Hall–Kier alpha value is -3.07. The summed E-state index contributed by atoms with van der Waals surface area (Å²) in [6.07, 6.45) is 4.40. The smallest absolute Gasteiger partial charge is 0.159 e. The van der Waals surface area contributed by atoms with Gasteiger partial charge >= 0.3 is 0 Å². The van der Waals surface area contributed by atoms with Crippen molar-refractivity contribution < 1.29 is 30.0 Å². The van der Waals surface area contributed by atoms with Gasteiger partial charge in [0.15, 0.2) is 5.78 Å². The van der Waals surface area contributed by atoms with E-state index in [4.69, 9.17) is 4.98 Å². The molecule has 0 amide bonds. The van der Waals surface area contributed by atoms with E-state index in [0.29, 0.717) is 36.5 Å². The fourth-order valence-electron chi connectivity index (χ4n) is 5.44. The molecule has 0 atom stereocenters. The van der Waals surface area contributed by atoms with Crippen molar-refractivity contribution in [3.63, 3.8) is 0 Å². The molecule has 3 aromatic carbocycles. The first kappa shape index (κ1) is 33.4. The fourth-order valence-corrected chi connectivity index (χ4v) is 5.44. The molecule has 223 valence electrons. The molecule has 1 aliphatic carbocycles. The Labute approximate surface area is 265 Å². The van der Waals surface area contributed by atoms with Gasteiger partial charge in [-0.15, -0.1) is 29.8 Å². The Morgan fingerprint density at radius 2 is 1.48 bits per heavy atom. The van der Waals surface area contributed by atoms with Gasteiger partial charge in [-0.2, -0.15) is 0 Å². The number of pyridine rings is 1. The quantitative estimate of drug-likeness (QED) is 0.103. The molecule has 0 saturated heterocycles. The molecule has 1 N–H and O–H groups in total. The molecule has 0 saturated carbocycles. The minimum absolute atomic E-state index is 0. The average molecular weight is 739 g/mol. The summed E-state index contributed by atoms with van der Waals surface area (Å²) in [5.74, 6) is 1.95. The van der Waals surface area contributed by atoms with Crippen LogP contribution in [0.1, 0.15) is 91.2 Å². The maximum Gasteiger partial charge on any atom is 0.159 e. The van der Waals surface area contributed by atoms with E-state index < -0.39 is 0 Å². The van der Waals surface area contributed by atoms with Gasteiger partial charge in [0.25, 0.3) is 0 Å². The third-order valence-corrected chi connectivity index (χ3v) is 7.49. The van der Waals surface area contributed by atoms with Gasteiger partial charge in [0.1, 0.15) is 0 Å². The summed E-state index contributed by atoms with van der Waals surface area (Å²) in [7, 11) is 0. The van der Waals surface area contributed by atoms with Crippen molar-refractivity contribution in [2.75, 3.05) is 0 Å². The van der Waals surface area contributed by atoms with E-state index in [1.54, 1.807) is 0 Å². The Balaban J connectivity index is 0.000000297. The number of rotatable bonds is 7. The van der Waals surface area contributed by atoms with Crippen molar-refractivity contribution in [3.8, 4) is 33.5 Å². The summed E-state index contributed by atoms with van der Waals surface area (Å²) in [5.41, 5.74) is 9.98. The van der Waals surface area contributed by atoms with Crippen LogP contribution in [0.2, 0.25) is 0 Å². The van der Waals surface area contributed by atoms with Crippen LogP contribution in [-0.2, 0) is 24.9 Å². The minimum Gasteiger partial charge on any atom is -0.512 e. The fraction of sp³-hybridized carbons (Fsp3) is 0.368. The van der Waals surface area contributed by atoms with Gasteiger partial charge in [-0.1, -0.05) is 96.8 Å². The molecule has 1 heterocycles. The van der Waals surface area contributed by atoms with E-state index in [1.165, 1.54) is 50.2 Å². The maximum atomic E-state index is 11.2. The van der Waals surface area contributed by atoms with E-state index in [1.807, 2.05) is 40.0 Å². The first-order valence-electron chi connectivity index (χ1n) is 15.0. The molecule has 3 nitrogen and oxygen atoms in total. The van der Waals surface area contributed by atoms with Gasteiger partial charge in [0, 0.05) is 45.2 Å². The minimum atomic E-state index is 0. The SMILES string of the molecule is CC(C)CC(=O)/C=C(\O)CC(C)C.CC(C)c1ccc2c(c1)-c1ccc[c-]c1-c1nccc3cc(C(C)C)cc-2c13.[Ir]. The number of aliphatic hydroxyl groups is 1. The number of nitrogens with zero attached hydrogens (tertiary/aromatic N) is 1. The van der Waals surface area contributed by atoms with E-state index in [9.17, 15) is 9.90 Å². The number of hydrogen-bond acceptors (Lipinski definition) is 3. The van der Waals surface area contributed by atoms with Gasteiger partial charge < -0.3 is 10.1 Å². The van der Waals surface area contributed by atoms with Crippen molar-refractivity contribution in [1.82, 2.24) is 4.98 Å². The first-order chi connectivity index (χ1) is 19.5. The van der Waals surface area contributed by atoms with Gasteiger partial charge in [0.05, 0.1) is 5.76 Å². The molecule has 0 fully saturated rings. The van der Waals surface area contributed by atoms with Crippen LogP contribution in [0.3, 0.4) is 0 Å². The van der Waals surface area contributed by atoms with E-state index >= 15 is 0 Å². The van der Waals surface area contributed by atoms with Gasteiger partial charge in [-0.05, 0) is 68.5 Å². The van der Waals surface area contributed by atoms with E-state index in [-0.39, 0.29) is 31.6 Å². The Morgan fingerprint density at radius 1 is 0.810 bits per heavy atom. The second-order valence-electron chi connectivity index (χ2n) is 12.7. The average Bonchev–Trinajstić information content (AvgIpc) is 3.02. The Kier molecular flexibility index (Phi) is 11.5. The maximum absolute atomic E-state index is 11.2. The van der Waals surface area contributed by atoms with Crippen LogP contribution in [0.15, 0.2) is 72.6 Å². The molecule has 4 heteroatoms. The number of aromatic nitrogens is 1. The topological polar surface area (TPSA) is 50.2 Å². The molecular formula is C38H44IrNO2-. The summed E-state index contributed by atoms with van der Waals surface area (Å²) >= 11 is 0. The second-order valence-corrected chi connectivity index (χ2v) is 12.7. The van der Waals surface area contributed by atoms with Crippen molar-refractivity contribution in [2.24, 2.45) is 11.8 Å². The number of fused-ring (bicyclic) bond motifs is 5. The molecule has 5 rings (SSSR count). The summed E-state index contributed by atoms with van der Waals surface area (Å²) < 4.78 is 0. The van der Waals surface area contributed by atoms with E-state index in [2.05, 4.69) is 82.3 Å². The third-order valence-electron chi connectivity index (χ3n) is 7.49. The number of allylic oxidation sites excluding steroid dienone is 2. The van der Waals surface area contributed by atoms with Crippen LogP contribution in [0.4, 0.5) is 0 Å². The number of hydrogen-bond donors (Lipinski definition) is 1. The van der Waals surface area contributed by atoms with Crippen molar-refractivity contribution in [2.45, 2.75) is 80.1 Å². The molecule has 1 aliphatic rings. The van der Waals surface area contributed by atoms with Crippen LogP contribution in [0.25, 0.3) is 44.3 Å². The van der Waals surface area contributed by atoms with Gasteiger partial charge in [-0.25, -0.2) is 0 Å². The van der Waals surface area contributed by atoms with Crippen LogP contribution in [0, 0.1) is 17.9 Å². The monoisotopic (exact) mass is 739 g/mol. The number of aliphatic hydroxyl groups excluding tert-OH is 1. The van der Waals surface area contributed by atoms with Crippen LogP contribution in [0.5, 0.6) is 0 Å². The predicted octanol–water partition coefficient (Wildman–Crippen LogP) is 10.7. The Morgan fingerprint density at radius 3 is 2.12 bits per heavy atom. The van der Waals surface area contributed by atoms with Gasteiger partial charge in [0.2, 0.25) is 0 Å². The zero-order valence-electron chi connectivity index (χ0n) is 26.2. The number of carbonyl (C=O) groups is 1. The molecule has 42 heavy (non-hydrogen) atoms. The molecule has 0 spiro atoms. The van der Waals surface area contributed by atoms with E-state index in [0.717, 1.165) is 11.3 Å². The molecule has 1 aromatic heterocycles. The zero-order chi connectivity index (χ0) is 29.8. The summed E-state index contributed by atoms with van der Waals surface area (Å²) in [4.78, 5) is 16.0. The molecule has 4 aromatic rings. The summed E-state index contributed by atoms with van der Waals surface area (Å²) in [6, 6.07) is 23.6. The standard InChI is InChI=1S/C27H24N.C11H20O2.Ir/c1-16(2)18-9-10-22-24(14-18)21-7-5-6-8-23(21)27-26-19(11-12-28-27)13-20(17(3)4)15-25(22)26;1-8(2)5-10(12)7-11(13)6-9(3)4;/h5-7,9-17H,1-4H3;7-9,12H,5-6H2,1-4H3;/q-1;;/b;10-7-;. The first-order valence-corrected chi connectivity index (χ1v) is 15.0. The van der Waals surface area contributed by atoms with Crippen LogP contribution >= 0.6 is 0 Å². The molecule has 0 bridgehead atoms. The number of ketones is 1. The van der Waals surface area contributed by atoms with Crippen molar-refractivity contribution in [1.29, 1.82) is 0 Å². The Bertz CT molecular complexity index is 1580. The molecular weight excluding hydrogens is 695 g/mol. The van der Waals surface area contributed by atoms with Crippen molar-refractivity contribution in [3.05, 3.63) is 89.8 Å². The van der Waals surface area contributed by atoms with Crippen molar-refractivity contribution >= 4 is 16.6 Å². The predicted molar refractivity (Wildman–Crippen MR) is 173 cm³/mol. The molecule has 1 radical (unpaired) electrons. The zero-order valence-corrected chi connectivity index (χ0v) is 28.6. The molecule has 0 unspecified atom stereocenters. The largest absolute Gasteiger partial charge is 0.512 e. The van der Waals surface area contributed by atoms with Gasteiger partial charge in [-0.3, -0.25) is 4.79 Å². The normalized spacial score (nSPS) is 12.0. The number of carbonyl (C=O) groups excluding carboxylic acids is 1. The summed E-state index contributed by atoms with van der Waals surface area (Å²) in [5, 5.41) is 11.8. The second kappa shape index (κ2) is 14.4. The number of benzene rings is 3. The third kappa shape index (κ3) is 7.65. The molecule has 0 aliphatic heterocycles. The summed E-state index contributed by atoms with van der Waals surface area (Å²) in [6.45, 7) is 17.0.